The van der Waals surface area contributed by atoms with Crippen molar-refractivity contribution in [3.63, 3.8) is 0 Å². The minimum atomic E-state index is 0.483. The van der Waals surface area contributed by atoms with Crippen LogP contribution in [0.1, 0.15) is 10.5 Å². The molecule has 0 amide bonds. The Kier molecular flexibility index (Phi) is 2.72. The maximum Gasteiger partial charge on any atom is 0.234 e. The second-order valence-corrected chi connectivity index (χ2v) is 3.99. The summed E-state index contributed by atoms with van der Waals surface area (Å²) in [5.41, 5.74) is 1.91. The molecule has 0 saturated heterocycles. The zero-order chi connectivity index (χ0) is 13.2. The van der Waals surface area contributed by atoms with Crippen molar-refractivity contribution in [3.05, 3.63) is 48.4 Å². The summed E-state index contributed by atoms with van der Waals surface area (Å²) in [5.74, 6) is 1.22. The molecule has 5 heteroatoms. The van der Waals surface area contributed by atoms with Crippen LogP contribution in [0.15, 0.2) is 42.7 Å². The summed E-state index contributed by atoms with van der Waals surface area (Å²) in [6.07, 6.45) is 4.20. The number of imidazole rings is 1. The second-order valence-electron chi connectivity index (χ2n) is 3.99. The zero-order valence-electron chi connectivity index (χ0n) is 10.3. The number of carbonyl (C=O) groups is 1. The molecule has 3 aromatic rings. The Hall–Kier alpha value is -2.69. The molecule has 0 aliphatic carbocycles. The number of carbonyl (C=O) groups excluding carboxylic acids is 1. The SMILES string of the molecule is COc1cccc(-c2nc3ncccn3c2C=O)c1. The number of nitrogens with zero attached hydrogens (tertiary/aromatic N) is 3. The van der Waals surface area contributed by atoms with Gasteiger partial charge in [-0.3, -0.25) is 9.20 Å². The monoisotopic (exact) mass is 253 g/mol. The van der Waals surface area contributed by atoms with Crippen LogP contribution >= 0.6 is 0 Å². The van der Waals surface area contributed by atoms with Gasteiger partial charge in [0.05, 0.1) is 7.11 Å². The third kappa shape index (κ3) is 1.85. The van der Waals surface area contributed by atoms with Crippen molar-refractivity contribution >= 4 is 12.1 Å². The molecule has 1 aromatic carbocycles. The number of fused-ring (bicyclic) bond motifs is 1. The molecule has 3 rings (SSSR count). The molecular weight excluding hydrogens is 242 g/mol. The first kappa shape index (κ1) is 11.4. The smallest absolute Gasteiger partial charge is 0.234 e. The Morgan fingerprint density at radius 3 is 3.00 bits per heavy atom. The predicted molar refractivity (Wildman–Crippen MR) is 70.4 cm³/mol. The Morgan fingerprint density at radius 2 is 2.21 bits per heavy atom. The van der Waals surface area contributed by atoms with Crippen LogP contribution in [0.4, 0.5) is 0 Å². The van der Waals surface area contributed by atoms with E-state index in [1.807, 2.05) is 24.3 Å². The van der Waals surface area contributed by atoms with Crippen LogP contribution in [-0.2, 0) is 0 Å². The maximum atomic E-state index is 11.3. The average Bonchev–Trinajstić information content (AvgIpc) is 2.86. The molecule has 2 aromatic heterocycles. The molecule has 0 radical (unpaired) electrons. The molecule has 19 heavy (non-hydrogen) atoms. The molecule has 0 unspecified atom stereocenters. The fourth-order valence-corrected chi connectivity index (χ4v) is 2.00. The Labute approximate surface area is 109 Å². The number of hydrogen-bond acceptors (Lipinski definition) is 4. The third-order valence-corrected chi connectivity index (χ3v) is 2.90. The van der Waals surface area contributed by atoms with E-state index in [1.54, 1.807) is 30.0 Å². The molecule has 0 saturated carbocycles. The van der Waals surface area contributed by atoms with Crippen molar-refractivity contribution in [1.29, 1.82) is 0 Å². The summed E-state index contributed by atoms with van der Waals surface area (Å²) >= 11 is 0. The van der Waals surface area contributed by atoms with Gasteiger partial charge in [-0.1, -0.05) is 12.1 Å². The molecule has 0 N–H and O–H groups in total. The summed E-state index contributed by atoms with van der Waals surface area (Å²) in [6.45, 7) is 0. The standard InChI is InChI=1S/C14H11N3O2/c1-19-11-5-2-4-10(8-11)13-12(9-18)17-7-3-6-15-14(17)16-13/h2-9H,1H3. The largest absolute Gasteiger partial charge is 0.497 e. The van der Waals surface area contributed by atoms with Gasteiger partial charge >= 0.3 is 0 Å². The molecule has 0 bridgehead atoms. The van der Waals surface area contributed by atoms with E-state index in [-0.39, 0.29) is 0 Å². The first-order chi connectivity index (χ1) is 9.33. The van der Waals surface area contributed by atoms with Gasteiger partial charge in [-0.25, -0.2) is 9.97 Å². The second kappa shape index (κ2) is 4.53. The van der Waals surface area contributed by atoms with Gasteiger partial charge in [0.25, 0.3) is 0 Å². The highest BCUT2D eigenvalue weighted by molar-refractivity contribution is 5.85. The van der Waals surface area contributed by atoms with Gasteiger partial charge in [-0.15, -0.1) is 0 Å². The van der Waals surface area contributed by atoms with Crippen LogP contribution in [0.25, 0.3) is 17.0 Å². The van der Waals surface area contributed by atoms with Crippen molar-refractivity contribution in [2.24, 2.45) is 0 Å². The number of aromatic nitrogens is 3. The summed E-state index contributed by atoms with van der Waals surface area (Å²) in [5, 5.41) is 0. The number of ether oxygens (including phenoxy) is 1. The Morgan fingerprint density at radius 1 is 1.32 bits per heavy atom. The van der Waals surface area contributed by atoms with Gasteiger partial charge in [0.1, 0.15) is 17.1 Å². The first-order valence-electron chi connectivity index (χ1n) is 5.76. The minimum absolute atomic E-state index is 0.483. The average molecular weight is 253 g/mol. The highest BCUT2D eigenvalue weighted by Crippen LogP contribution is 2.25. The number of aldehydes is 1. The summed E-state index contributed by atoms with van der Waals surface area (Å²) in [6, 6.07) is 9.20. The molecule has 0 aliphatic rings. The van der Waals surface area contributed by atoms with Crippen LogP contribution < -0.4 is 4.74 Å². The topological polar surface area (TPSA) is 56.5 Å². The highest BCUT2D eigenvalue weighted by Gasteiger charge is 2.14. The number of methoxy groups -OCH3 is 1. The maximum absolute atomic E-state index is 11.3. The van der Waals surface area contributed by atoms with Gasteiger partial charge in [0, 0.05) is 18.0 Å². The van der Waals surface area contributed by atoms with E-state index in [9.17, 15) is 4.79 Å². The molecule has 2 heterocycles. The van der Waals surface area contributed by atoms with E-state index < -0.39 is 0 Å². The van der Waals surface area contributed by atoms with Gasteiger partial charge in [-0.05, 0) is 18.2 Å². The molecule has 0 fully saturated rings. The summed E-state index contributed by atoms with van der Waals surface area (Å²) in [7, 11) is 1.60. The molecule has 0 atom stereocenters. The van der Waals surface area contributed by atoms with Gasteiger partial charge in [0.15, 0.2) is 6.29 Å². The van der Waals surface area contributed by atoms with Gasteiger partial charge < -0.3 is 4.74 Å². The first-order valence-corrected chi connectivity index (χ1v) is 5.76. The van der Waals surface area contributed by atoms with E-state index in [4.69, 9.17) is 4.74 Å². The minimum Gasteiger partial charge on any atom is -0.497 e. The molecule has 0 spiro atoms. The van der Waals surface area contributed by atoms with Crippen molar-refractivity contribution in [1.82, 2.24) is 14.4 Å². The molecular formula is C14H11N3O2. The van der Waals surface area contributed by atoms with E-state index in [2.05, 4.69) is 9.97 Å². The highest BCUT2D eigenvalue weighted by atomic mass is 16.5. The van der Waals surface area contributed by atoms with Crippen molar-refractivity contribution < 1.29 is 9.53 Å². The fraction of sp³-hybridized carbons (Fsp3) is 0.0714. The Balaban J connectivity index is 2.26. The van der Waals surface area contributed by atoms with Gasteiger partial charge in [-0.2, -0.15) is 0 Å². The quantitative estimate of drug-likeness (QED) is 0.671. The normalized spacial score (nSPS) is 10.6. The van der Waals surface area contributed by atoms with Crippen LogP contribution in [0, 0.1) is 0 Å². The summed E-state index contributed by atoms with van der Waals surface area (Å²) < 4.78 is 6.85. The van der Waals surface area contributed by atoms with Gasteiger partial charge in [0.2, 0.25) is 5.78 Å². The van der Waals surface area contributed by atoms with Crippen LogP contribution in [0.5, 0.6) is 5.75 Å². The lowest BCUT2D eigenvalue weighted by Gasteiger charge is -2.02. The molecule has 0 aliphatic heterocycles. The van der Waals surface area contributed by atoms with E-state index in [0.717, 1.165) is 17.6 Å². The van der Waals surface area contributed by atoms with E-state index in [0.29, 0.717) is 17.2 Å². The van der Waals surface area contributed by atoms with Crippen molar-refractivity contribution in [3.8, 4) is 17.0 Å². The number of rotatable bonds is 3. The lowest BCUT2D eigenvalue weighted by molar-refractivity contribution is 0.111. The van der Waals surface area contributed by atoms with E-state index >= 15 is 0 Å². The number of benzene rings is 1. The van der Waals surface area contributed by atoms with Crippen molar-refractivity contribution in [2.45, 2.75) is 0 Å². The van der Waals surface area contributed by atoms with Crippen molar-refractivity contribution in [2.75, 3.05) is 7.11 Å². The molecule has 94 valence electrons. The lowest BCUT2D eigenvalue weighted by Crippen LogP contribution is -1.93. The fourth-order valence-electron chi connectivity index (χ4n) is 2.00. The third-order valence-electron chi connectivity index (χ3n) is 2.90. The zero-order valence-corrected chi connectivity index (χ0v) is 10.3. The van der Waals surface area contributed by atoms with Crippen LogP contribution in [-0.4, -0.2) is 27.8 Å². The van der Waals surface area contributed by atoms with E-state index in [1.165, 1.54) is 0 Å². The predicted octanol–water partition coefficient (Wildman–Crippen LogP) is 2.22. The summed E-state index contributed by atoms with van der Waals surface area (Å²) in [4.78, 5) is 19.8. The Bertz CT molecular complexity index is 749. The van der Waals surface area contributed by atoms with Crippen LogP contribution in [0.3, 0.4) is 0 Å². The molecule has 5 nitrogen and oxygen atoms in total. The van der Waals surface area contributed by atoms with Crippen LogP contribution in [0.2, 0.25) is 0 Å². The lowest BCUT2D eigenvalue weighted by atomic mass is 10.1. The number of hydrogen-bond donors (Lipinski definition) is 0.